The Hall–Kier alpha value is -3.05. The summed E-state index contributed by atoms with van der Waals surface area (Å²) in [7, 11) is 0. The van der Waals surface area contributed by atoms with Crippen molar-refractivity contribution in [3.63, 3.8) is 0 Å². The topological polar surface area (TPSA) is 63.2 Å². The van der Waals surface area contributed by atoms with Gasteiger partial charge in [0.15, 0.2) is 6.61 Å². The van der Waals surface area contributed by atoms with Crippen LogP contribution in [0.4, 0.5) is 11.5 Å². The molecule has 0 saturated heterocycles. The first-order valence-corrected chi connectivity index (χ1v) is 8.90. The summed E-state index contributed by atoms with van der Waals surface area (Å²) in [6.07, 6.45) is 1.61. The molecule has 6 heteroatoms. The summed E-state index contributed by atoms with van der Waals surface area (Å²) in [6.45, 7) is 2.68. The molecule has 0 aliphatic rings. The summed E-state index contributed by atoms with van der Waals surface area (Å²) < 4.78 is 5.41. The molecule has 0 radical (unpaired) electrons. The van der Waals surface area contributed by atoms with Crippen molar-refractivity contribution in [2.45, 2.75) is 13.5 Å². The molecule has 138 valence electrons. The molecule has 3 aromatic rings. The lowest BCUT2D eigenvalue weighted by Gasteiger charge is -2.10. The van der Waals surface area contributed by atoms with Gasteiger partial charge in [-0.1, -0.05) is 35.9 Å². The number of hydrogen-bond acceptors (Lipinski definition) is 4. The fourth-order valence-electron chi connectivity index (χ4n) is 2.44. The third-order valence-corrected chi connectivity index (χ3v) is 4.20. The highest BCUT2D eigenvalue weighted by Crippen LogP contribution is 2.16. The molecule has 5 nitrogen and oxygen atoms in total. The number of rotatable bonds is 7. The zero-order valence-corrected chi connectivity index (χ0v) is 15.7. The summed E-state index contributed by atoms with van der Waals surface area (Å²) in [6, 6.07) is 18.7. The third-order valence-electron chi connectivity index (χ3n) is 3.95. The maximum Gasteiger partial charge on any atom is 0.262 e. The largest absolute Gasteiger partial charge is 0.484 e. The SMILES string of the molecule is Cc1ccccc1CNc1ccc(NC(=O)COc2ccc(Cl)cc2)cn1. The standard InChI is InChI=1S/C21H20ClN3O2/c1-15-4-2-3-5-16(15)12-23-20-11-8-18(13-24-20)25-21(26)14-27-19-9-6-17(22)7-10-19/h2-11,13H,12,14H2,1H3,(H,23,24)(H,25,26). The van der Waals surface area contributed by atoms with E-state index in [-0.39, 0.29) is 12.5 Å². The van der Waals surface area contributed by atoms with Gasteiger partial charge >= 0.3 is 0 Å². The van der Waals surface area contributed by atoms with E-state index in [0.29, 0.717) is 23.0 Å². The van der Waals surface area contributed by atoms with E-state index in [2.05, 4.69) is 34.7 Å². The highest BCUT2D eigenvalue weighted by Gasteiger charge is 2.05. The van der Waals surface area contributed by atoms with Crippen molar-refractivity contribution >= 4 is 29.0 Å². The number of hydrogen-bond donors (Lipinski definition) is 2. The fourth-order valence-corrected chi connectivity index (χ4v) is 2.57. The molecule has 0 saturated carbocycles. The molecule has 3 rings (SSSR count). The quantitative estimate of drug-likeness (QED) is 0.624. The van der Waals surface area contributed by atoms with E-state index in [1.165, 1.54) is 11.1 Å². The van der Waals surface area contributed by atoms with Crippen LogP contribution < -0.4 is 15.4 Å². The van der Waals surface area contributed by atoms with Crippen molar-refractivity contribution in [3.8, 4) is 5.75 Å². The molecule has 0 atom stereocenters. The molecule has 0 fully saturated rings. The van der Waals surface area contributed by atoms with Crippen LogP contribution in [0.25, 0.3) is 0 Å². The lowest BCUT2D eigenvalue weighted by atomic mass is 10.1. The predicted octanol–water partition coefficient (Wildman–Crippen LogP) is 4.67. The fraction of sp³-hybridized carbons (Fsp3) is 0.143. The van der Waals surface area contributed by atoms with E-state index in [0.717, 1.165) is 5.82 Å². The van der Waals surface area contributed by atoms with Crippen molar-refractivity contribution in [2.24, 2.45) is 0 Å². The number of ether oxygens (including phenoxy) is 1. The number of pyridine rings is 1. The summed E-state index contributed by atoms with van der Waals surface area (Å²) >= 11 is 5.81. The van der Waals surface area contributed by atoms with Gasteiger partial charge < -0.3 is 15.4 Å². The highest BCUT2D eigenvalue weighted by molar-refractivity contribution is 6.30. The van der Waals surface area contributed by atoms with Crippen LogP contribution >= 0.6 is 11.6 Å². The average molecular weight is 382 g/mol. The first-order valence-electron chi connectivity index (χ1n) is 8.53. The highest BCUT2D eigenvalue weighted by atomic mass is 35.5. The maximum atomic E-state index is 12.0. The molecular formula is C21H20ClN3O2. The minimum absolute atomic E-state index is 0.0884. The molecule has 0 aliphatic heterocycles. The van der Waals surface area contributed by atoms with Crippen LogP contribution in [0.2, 0.25) is 5.02 Å². The average Bonchev–Trinajstić information content (AvgIpc) is 2.68. The second-order valence-corrected chi connectivity index (χ2v) is 6.44. The van der Waals surface area contributed by atoms with Crippen LogP contribution in [0.1, 0.15) is 11.1 Å². The van der Waals surface area contributed by atoms with Gasteiger partial charge in [-0.05, 0) is 54.4 Å². The smallest absolute Gasteiger partial charge is 0.262 e. The Balaban J connectivity index is 1.47. The molecule has 0 aliphatic carbocycles. The number of benzene rings is 2. The normalized spacial score (nSPS) is 10.3. The Kier molecular flexibility index (Phi) is 6.28. The number of halogens is 1. The van der Waals surface area contributed by atoms with Crippen LogP contribution in [0.5, 0.6) is 5.75 Å². The molecule has 0 unspecified atom stereocenters. The molecular weight excluding hydrogens is 362 g/mol. The number of aromatic nitrogens is 1. The summed E-state index contributed by atoms with van der Waals surface area (Å²) in [5, 5.41) is 6.65. The number of anilines is 2. The minimum Gasteiger partial charge on any atom is -0.484 e. The number of amides is 1. The Bertz CT molecular complexity index is 896. The monoisotopic (exact) mass is 381 g/mol. The lowest BCUT2D eigenvalue weighted by Crippen LogP contribution is -2.20. The Morgan fingerprint density at radius 3 is 2.56 bits per heavy atom. The number of carbonyl (C=O) groups is 1. The van der Waals surface area contributed by atoms with E-state index in [1.54, 1.807) is 36.5 Å². The molecule has 0 spiro atoms. The molecule has 2 aromatic carbocycles. The zero-order chi connectivity index (χ0) is 19.1. The van der Waals surface area contributed by atoms with Crippen LogP contribution in [-0.4, -0.2) is 17.5 Å². The predicted molar refractivity (Wildman–Crippen MR) is 108 cm³/mol. The van der Waals surface area contributed by atoms with Crippen LogP contribution in [0.3, 0.4) is 0 Å². The molecule has 1 aromatic heterocycles. The lowest BCUT2D eigenvalue weighted by molar-refractivity contribution is -0.118. The molecule has 27 heavy (non-hydrogen) atoms. The van der Waals surface area contributed by atoms with Crippen molar-refractivity contribution < 1.29 is 9.53 Å². The van der Waals surface area contributed by atoms with Crippen molar-refractivity contribution in [3.05, 3.63) is 83.0 Å². The van der Waals surface area contributed by atoms with Crippen molar-refractivity contribution in [2.75, 3.05) is 17.2 Å². The molecule has 0 bridgehead atoms. The van der Waals surface area contributed by atoms with E-state index in [1.807, 2.05) is 18.2 Å². The van der Waals surface area contributed by atoms with Crippen molar-refractivity contribution in [1.82, 2.24) is 4.98 Å². The third kappa shape index (κ3) is 5.72. The van der Waals surface area contributed by atoms with Gasteiger partial charge in [0.2, 0.25) is 0 Å². The summed E-state index contributed by atoms with van der Waals surface area (Å²) in [5.74, 6) is 1.07. The first-order chi connectivity index (χ1) is 13.1. The van der Waals surface area contributed by atoms with E-state index in [9.17, 15) is 4.79 Å². The molecule has 2 N–H and O–H groups in total. The second-order valence-electron chi connectivity index (χ2n) is 6.00. The van der Waals surface area contributed by atoms with Crippen molar-refractivity contribution in [1.29, 1.82) is 0 Å². The Morgan fingerprint density at radius 2 is 1.85 bits per heavy atom. The van der Waals surface area contributed by atoms with Gasteiger partial charge in [0, 0.05) is 11.6 Å². The van der Waals surface area contributed by atoms with Crippen LogP contribution in [0.15, 0.2) is 66.9 Å². The van der Waals surface area contributed by atoms with Gasteiger partial charge in [0.25, 0.3) is 5.91 Å². The van der Waals surface area contributed by atoms with E-state index >= 15 is 0 Å². The van der Waals surface area contributed by atoms with Gasteiger partial charge in [-0.3, -0.25) is 4.79 Å². The van der Waals surface area contributed by atoms with Gasteiger partial charge in [-0.25, -0.2) is 4.98 Å². The van der Waals surface area contributed by atoms with Gasteiger partial charge in [-0.15, -0.1) is 0 Å². The first kappa shape index (κ1) is 18.7. The Labute approximate surface area is 163 Å². The number of nitrogens with zero attached hydrogens (tertiary/aromatic N) is 1. The van der Waals surface area contributed by atoms with Crippen LogP contribution in [0, 0.1) is 6.92 Å². The van der Waals surface area contributed by atoms with E-state index in [4.69, 9.17) is 16.3 Å². The van der Waals surface area contributed by atoms with Gasteiger partial charge in [-0.2, -0.15) is 0 Å². The summed E-state index contributed by atoms with van der Waals surface area (Å²) in [4.78, 5) is 16.3. The second kappa shape index (κ2) is 9.05. The number of nitrogens with one attached hydrogen (secondary N) is 2. The van der Waals surface area contributed by atoms with E-state index < -0.39 is 0 Å². The summed E-state index contributed by atoms with van der Waals surface area (Å²) in [5.41, 5.74) is 3.06. The molecule has 1 amide bonds. The van der Waals surface area contributed by atoms with Crippen LogP contribution in [-0.2, 0) is 11.3 Å². The Morgan fingerprint density at radius 1 is 1.07 bits per heavy atom. The number of carbonyl (C=O) groups excluding carboxylic acids is 1. The van der Waals surface area contributed by atoms with Gasteiger partial charge in [0.05, 0.1) is 11.9 Å². The molecule has 1 heterocycles. The minimum atomic E-state index is -0.257. The maximum absolute atomic E-state index is 12.0. The number of aryl methyl sites for hydroxylation is 1. The zero-order valence-electron chi connectivity index (χ0n) is 14.9. The van der Waals surface area contributed by atoms with Gasteiger partial charge in [0.1, 0.15) is 11.6 Å².